The molecule has 21 heavy (non-hydrogen) atoms. The van der Waals surface area contributed by atoms with Crippen molar-refractivity contribution in [1.29, 1.82) is 0 Å². The van der Waals surface area contributed by atoms with Crippen LogP contribution in [0.15, 0.2) is 0 Å². The minimum atomic E-state index is -5.74. The molecule has 1 saturated heterocycles. The van der Waals surface area contributed by atoms with Crippen LogP contribution in [0.4, 0.5) is 25.7 Å². The van der Waals surface area contributed by atoms with Crippen molar-refractivity contribution in [2.24, 2.45) is 0 Å². The minimum Gasteiger partial charge on any atom is -0.229 e. The Morgan fingerprint density at radius 1 is 0.714 bits per heavy atom. The van der Waals surface area contributed by atoms with Gasteiger partial charge in [-0.05, 0) is 12.8 Å². The highest BCUT2D eigenvalue weighted by Gasteiger charge is 2.19. The average molecular weight is 390 g/mol. The maximum atomic E-state index is 10.7. The van der Waals surface area contributed by atoms with Gasteiger partial charge in [-0.1, -0.05) is 25.7 Å². The molecule has 17 heteroatoms. The second kappa shape index (κ2) is 8.71. The Labute approximate surface area is 116 Å². The van der Waals surface area contributed by atoms with Crippen molar-refractivity contribution in [2.75, 3.05) is 11.5 Å². The molecule has 0 unspecified atom stereocenters. The maximum absolute atomic E-state index is 10.7. The number of sulfone groups is 1. The van der Waals surface area contributed by atoms with Gasteiger partial charge in [-0.2, -0.15) is 16.8 Å². The van der Waals surface area contributed by atoms with Crippen LogP contribution in [-0.2, 0) is 30.7 Å². The fourth-order valence-electron chi connectivity index (χ4n) is 0.746. The van der Waals surface area contributed by atoms with Gasteiger partial charge < -0.3 is 0 Å². The fraction of sp³-hybridized carbons (Fsp3) is 1.00. The Bertz CT molecular complexity index is 536. The van der Waals surface area contributed by atoms with E-state index in [1.54, 1.807) is 0 Å². The molecule has 1 aliphatic rings. The average Bonchev–Trinajstić information content (AvgIpc) is 2.61. The van der Waals surface area contributed by atoms with Crippen molar-refractivity contribution in [3.63, 3.8) is 0 Å². The van der Waals surface area contributed by atoms with Crippen molar-refractivity contribution in [1.82, 2.24) is 9.50 Å². The normalized spacial score (nSPS) is 17.7. The summed E-state index contributed by atoms with van der Waals surface area (Å²) in [5.74, 6) is 0.847. The lowest BCUT2D eigenvalue weighted by atomic mass is 10.4. The highest BCUT2D eigenvalue weighted by Crippen LogP contribution is 2.08. The SMILES string of the molecule is O=S(=O)(F)N(F)F.O=S(=O)(F)N(F)F.O=S1(=O)CCCC1. The van der Waals surface area contributed by atoms with E-state index in [-0.39, 0.29) is 0 Å². The summed E-state index contributed by atoms with van der Waals surface area (Å²) in [5.41, 5.74) is 0. The maximum Gasteiger partial charge on any atom is 0.430 e. The first-order chi connectivity index (χ1) is 9.09. The number of halogens is 6. The van der Waals surface area contributed by atoms with Crippen molar-refractivity contribution in [3.05, 3.63) is 0 Å². The van der Waals surface area contributed by atoms with Crippen LogP contribution < -0.4 is 0 Å². The Balaban J connectivity index is 0. The van der Waals surface area contributed by atoms with Crippen LogP contribution in [0.1, 0.15) is 12.8 Å². The quantitative estimate of drug-likeness (QED) is 0.391. The van der Waals surface area contributed by atoms with Gasteiger partial charge >= 0.3 is 20.8 Å². The molecule has 0 saturated carbocycles. The molecular weight excluding hydrogens is 382 g/mol. The molecule has 0 aromatic heterocycles. The molecule has 1 rings (SSSR count). The Hall–Kier alpha value is -0.650. The van der Waals surface area contributed by atoms with Gasteiger partial charge in [-0.3, -0.25) is 0 Å². The first kappa shape index (κ1) is 22.6. The molecule has 8 nitrogen and oxygen atoms in total. The van der Waals surface area contributed by atoms with Crippen molar-refractivity contribution < 1.29 is 51.0 Å². The van der Waals surface area contributed by atoms with E-state index in [0.29, 0.717) is 11.5 Å². The topological polar surface area (TPSA) is 109 Å². The molecule has 1 aliphatic heterocycles. The third kappa shape index (κ3) is 14.1. The zero-order chi connectivity index (χ0) is 17.5. The summed E-state index contributed by atoms with van der Waals surface area (Å²) in [6.07, 6.45) is 1.75. The molecule has 130 valence electrons. The monoisotopic (exact) mass is 390 g/mol. The van der Waals surface area contributed by atoms with Gasteiger partial charge in [0.1, 0.15) is 9.84 Å². The molecule has 1 heterocycles. The first-order valence-corrected chi connectivity index (χ1v) is 8.93. The molecule has 0 aliphatic carbocycles. The lowest BCUT2D eigenvalue weighted by Gasteiger charge is -1.85. The zero-order valence-electron chi connectivity index (χ0n) is 9.66. The van der Waals surface area contributed by atoms with E-state index in [1.165, 1.54) is 0 Å². The zero-order valence-corrected chi connectivity index (χ0v) is 12.1. The molecule has 0 bridgehead atoms. The highest BCUT2D eigenvalue weighted by molar-refractivity contribution is 7.91. The smallest absolute Gasteiger partial charge is 0.229 e. The molecular formula is C4H8F6N2O6S3. The molecule has 0 atom stereocenters. The third-order valence-corrected chi connectivity index (χ3v) is 3.97. The van der Waals surface area contributed by atoms with Gasteiger partial charge in [-0.25, -0.2) is 8.42 Å². The molecule has 0 amide bonds. The third-order valence-electron chi connectivity index (χ3n) is 1.49. The van der Waals surface area contributed by atoms with Crippen LogP contribution in [0.5, 0.6) is 0 Å². The van der Waals surface area contributed by atoms with Gasteiger partial charge in [0.15, 0.2) is 9.50 Å². The second-order valence-electron chi connectivity index (χ2n) is 3.09. The van der Waals surface area contributed by atoms with E-state index in [2.05, 4.69) is 0 Å². The fourth-order valence-corrected chi connectivity index (χ4v) is 2.24. The first-order valence-electron chi connectivity index (χ1n) is 4.43. The van der Waals surface area contributed by atoms with Crippen LogP contribution in [-0.4, -0.2) is 46.3 Å². The summed E-state index contributed by atoms with van der Waals surface area (Å²) < 4.78 is 114. The summed E-state index contributed by atoms with van der Waals surface area (Å²) >= 11 is 0. The molecule has 0 aromatic rings. The largest absolute Gasteiger partial charge is 0.430 e. The summed E-state index contributed by atoms with van der Waals surface area (Å²) in [6.45, 7) is 0. The molecule has 0 radical (unpaired) electrons. The van der Waals surface area contributed by atoms with Crippen molar-refractivity contribution >= 4 is 30.7 Å². The Kier molecular flexibility index (Phi) is 9.39. The van der Waals surface area contributed by atoms with E-state index >= 15 is 0 Å². The van der Waals surface area contributed by atoms with E-state index in [9.17, 15) is 34.1 Å². The number of hydrogen-bond donors (Lipinski definition) is 0. The van der Waals surface area contributed by atoms with Crippen LogP contribution >= 0.6 is 0 Å². The van der Waals surface area contributed by atoms with Gasteiger partial charge in [0.25, 0.3) is 0 Å². The lowest BCUT2D eigenvalue weighted by Crippen LogP contribution is -2.06. The van der Waals surface area contributed by atoms with Crippen LogP contribution in [0.2, 0.25) is 0 Å². The van der Waals surface area contributed by atoms with Gasteiger partial charge in [0.05, 0.1) is 11.5 Å². The predicted molar refractivity (Wildman–Crippen MR) is 56.1 cm³/mol. The van der Waals surface area contributed by atoms with Crippen LogP contribution in [0.3, 0.4) is 0 Å². The summed E-state index contributed by atoms with van der Waals surface area (Å²) in [4.78, 5) is 0. The number of nitrogens with zero attached hydrogens (tertiary/aromatic N) is 2. The van der Waals surface area contributed by atoms with Gasteiger partial charge in [0, 0.05) is 0 Å². The van der Waals surface area contributed by atoms with Gasteiger partial charge in [-0.15, -0.1) is 0 Å². The van der Waals surface area contributed by atoms with Crippen molar-refractivity contribution in [2.45, 2.75) is 12.8 Å². The van der Waals surface area contributed by atoms with E-state index in [1.807, 2.05) is 0 Å². The van der Waals surface area contributed by atoms with E-state index < -0.39 is 40.2 Å². The van der Waals surface area contributed by atoms with E-state index in [4.69, 9.17) is 16.8 Å². The summed E-state index contributed by atoms with van der Waals surface area (Å²) in [7, 11) is -14.0. The van der Waals surface area contributed by atoms with E-state index in [0.717, 1.165) is 12.8 Å². The predicted octanol–water partition coefficient (Wildman–Crippen LogP) is 0.738. The van der Waals surface area contributed by atoms with Gasteiger partial charge in [0.2, 0.25) is 0 Å². The molecule has 0 N–H and O–H groups in total. The molecule has 1 fully saturated rings. The summed E-state index contributed by atoms with van der Waals surface area (Å²) in [6, 6.07) is 0. The minimum absolute atomic E-state index is 0.424. The Morgan fingerprint density at radius 3 is 0.952 bits per heavy atom. The number of hydrogen-bond acceptors (Lipinski definition) is 6. The molecule has 0 aromatic carbocycles. The lowest BCUT2D eigenvalue weighted by molar-refractivity contribution is -0.0592. The Morgan fingerprint density at radius 2 is 0.905 bits per heavy atom. The van der Waals surface area contributed by atoms with Crippen LogP contribution in [0, 0.1) is 0 Å². The summed E-state index contributed by atoms with van der Waals surface area (Å²) in [5, 5.41) is 0. The second-order valence-corrected chi connectivity index (χ2v) is 7.59. The standard InChI is InChI=1S/C4H8O2S.2F3NO2S/c5-7(6)3-1-2-4-7;2*1-4(2)7(3,5)6/h1-4H2;;. The molecule has 0 spiro atoms. The number of rotatable bonds is 2. The highest BCUT2D eigenvalue weighted by atomic mass is 32.3. The van der Waals surface area contributed by atoms with Crippen molar-refractivity contribution in [3.8, 4) is 0 Å². The van der Waals surface area contributed by atoms with Crippen LogP contribution in [0.25, 0.3) is 0 Å².